The molecule has 1 amide bonds. The fourth-order valence-corrected chi connectivity index (χ4v) is 4.39. The standard InChI is InChI=1S/C21H28N2O3.C2HF3O2/c24-20(18-5-1-2-6-18)23-15-21(16-23)13-17(9-12-26-21)8-11-25-14-19-7-3-4-10-22-19;3-2(4,5)1(6)7/h1-4,7,10,17-18H,5-6,8-9,11-16H2;(H,6,7). The van der Waals surface area contributed by atoms with Crippen molar-refractivity contribution in [1.82, 2.24) is 9.88 Å². The van der Waals surface area contributed by atoms with Crippen LogP contribution in [0.4, 0.5) is 13.2 Å². The predicted molar refractivity (Wildman–Crippen MR) is 112 cm³/mol. The monoisotopic (exact) mass is 470 g/mol. The summed E-state index contributed by atoms with van der Waals surface area (Å²) >= 11 is 0. The number of nitrogens with zero attached hydrogens (tertiary/aromatic N) is 2. The molecule has 1 unspecified atom stereocenters. The molecule has 0 bridgehead atoms. The summed E-state index contributed by atoms with van der Waals surface area (Å²) in [6.07, 6.45) is 5.96. The quantitative estimate of drug-likeness (QED) is 0.505. The SMILES string of the molecule is O=C(C1CC=CC1)N1CC2(CC(CCOCc3ccccn3)CCO2)C1.O=C(O)C(F)(F)F. The molecular weight excluding hydrogens is 441 g/mol. The van der Waals surface area contributed by atoms with Crippen LogP contribution in [0.5, 0.6) is 0 Å². The van der Waals surface area contributed by atoms with E-state index in [0.717, 1.165) is 64.1 Å². The number of carboxylic acid groups (broad SMARTS) is 1. The van der Waals surface area contributed by atoms with Gasteiger partial charge < -0.3 is 19.5 Å². The lowest BCUT2D eigenvalue weighted by molar-refractivity contribution is -0.192. The number of carboxylic acids is 1. The Hall–Kier alpha value is -2.46. The van der Waals surface area contributed by atoms with E-state index in [1.54, 1.807) is 6.20 Å². The van der Waals surface area contributed by atoms with E-state index in [4.69, 9.17) is 19.4 Å². The fraction of sp³-hybridized carbons (Fsp3) is 0.609. The Kier molecular flexibility index (Phi) is 8.47. The number of aliphatic carboxylic acids is 1. The number of ether oxygens (including phenoxy) is 2. The van der Waals surface area contributed by atoms with Crippen molar-refractivity contribution >= 4 is 11.9 Å². The first-order valence-electron chi connectivity index (χ1n) is 11.0. The van der Waals surface area contributed by atoms with E-state index in [2.05, 4.69) is 17.1 Å². The Labute approximate surface area is 190 Å². The summed E-state index contributed by atoms with van der Waals surface area (Å²) in [5.41, 5.74) is 0.886. The van der Waals surface area contributed by atoms with Crippen molar-refractivity contribution in [2.24, 2.45) is 11.8 Å². The van der Waals surface area contributed by atoms with Gasteiger partial charge in [-0.3, -0.25) is 9.78 Å². The zero-order chi connectivity index (χ0) is 23.9. The van der Waals surface area contributed by atoms with Gasteiger partial charge >= 0.3 is 12.1 Å². The van der Waals surface area contributed by atoms with Crippen molar-refractivity contribution in [3.63, 3.8) is 0 Å². The van der Waals surface area contributed by atoms with Gasteiger partial charge in [0.15, 0.2) is 0 Å². The molecule has 1 atom stereocenters. The molecule has 10 heteroatoms. The van der Waals surface area contributed by atoms with Crippen LogP contribution in [0.1, 0.15) is 37.8 Å². The summed E-state index contributed by atoms with van der Waals surface area (Å²) in [7, 11) is 0. The maximum absolute atomic E-state index is 12.5. The molecule has 2 aliphatic heterocycles. The summed E-state index contributed by atoms with van der Waals surface area (Å²) in [5.74, 6) is -1.65. The Morgan fingerprint density at radius 2 is 1.94 bits per heavy atom. The molecule has 33 heavy (non-hydrogen) atoms. The second kappa shape index (κ2) is 11.1. The van der Waals surface area contributed by atoms with Gasteiger partial charge in [-0.25, -0.2) is 4.79 Å². The molecule has 0 radical (unpaired) electrons. The number of alkyl halides is 3. The Morgan fingerprint density at radius 1 is 1.24 bits per heavy atom. The van der Waals surface area contributed by atoms with Gasteiger partial charge in [0.05, 0.1) is 25.4 Å². The highest BCUT2D eigenvalue weighted by atomic mass is 19.4. The van der Waals surface area contributed by atoms with Crippen LogP contribution < -0.4 is 0 Å². The lowest BCUT2D eigenvalue weighted by Crippen LogP contribution is -2.67. The number of likely N-dealkylation sites (tertiary alicyclic amines) is 1. The molecule has 1 aliphatic carbocycles. The molecule has 3 aliphatic rings. The first-order valence-corrected chi connectivity index (χ1v) is 11.0. The van der Waals surface area contributed by atoms with Crippen LogP contribution in [-0.4, -0.2) is 64.9 Å². The van der Waals surface area contributed by atoms with Gasteiger partial charge in [-0.05, 0) is 50.2 Å². The van der Waals surface area contributed by atoms with E-state index < -0.39 is 12.1 Å². The van der Waals surface area contributed by atoms with Gasteiger partial charge in [0.1, 0.15) is 5.60 Å². The Bertz CT molecular complexity index is 817. The third kappa shape index (κ3) is 7.26. The Morgan fingerprint density at radius 3 is 2.55 bits per heavy atom. The molecule has 2 saturated heterocycles. The van der Waals surface area contributed by atoms with Gasteiger partial charge in [-0.2, -0.15) is 13.2 Å². The van der Waals surface area contributed by atoms with E-state index in [9.17, 15) is 18.0 Å². The number of hydrogen-bond donors (Lipinski definition) is 1. The minimum absolute atomic E-state index is 0.0917. The van der Waals surface area contributed by atoms with Crippen LogP contribution in [-0.2, 0) is 25.7 Å². The van der Waals surface area contributed by atoms with Crippen molar-refractivity contribution in [2.45, 2.75) is 50.5 Å². The third-order valence-electron chi connectivity index (χ3n) is 6.11. The van der Waals surface area contributed by atoms with Crippen molar-refractivity contribution in [3.05, 3.63) is 42.2 Å². The lowest BCUT2D eigenvalue weighted by Gasteiger charge is -2.53. The second-order valence-corrected chi connectivity index (χ2v) is 8.69. The topological polar surface area (TPSA) is 89.0 Å². The number of amides is 1. The first kappa shape index (κ1) is 25.2. The van der Waals surface area contributed by atoms with Crippen molar-refractivity contribution < 1.29 is 37.3 Å². The first-order chi connectivity index (χ1) is 15.7. The normalized spacial score (nSPS) is 21.9. The van der Waals surface area contributed by atoms with Gasteiger partial charge in [-0.15, -0.1) is 0 Å². The molecule has 4 rings (SSSR count). The highest BCUT2D eigenvalue weighted by Crippen LogP contribution is 2.39. The van der Waals surface area contributed by atoms with Gasteiger partial charge in [0, 0.05) is 25.3 Å². The maximum atomic E-state index is 12.5. The molecule has 2 fully saturated rings. The van der Waals surface area contributed by atoms with Crippen LogP contribution in [0.2, 0.25) is 0 Å². The van der Waals surface area contributed by atoms with Crippen LogP contribution in [0.3, 0.4) is 0 Å². The molecule has 0 aromatic carbocycles. The van der Waals surface area contributed by atoms with E-state index in [1.807, 2.05) is 23.1 Å². The largest absolute Gasteiger partial charge is 0.490 e. The molecule has 0 saturated carbocycles. The predicted octanol–water partition coefficient (Wildman–Crippen LogP) is 3.60. The molecule has 3 heterocycles. The highest BCUT2D eigenvalue weighted by molar-refractivity contribution is 5.80. The van der Waals surface area contributed by atoms with Gasteiger partial charge in [0.2, 0.25) is 5.91 Å². The fourth-order valence-electron chi connectivity index (χ4n) is 4.39. The van der Waals surface area contributed by atoms with Crippen molar-refractivity contribution in [3.8, 4) is 0 Å². The highest BCUT2D eigenvalue weighted by Gasteiger charge is 2.49. The van der Waals surface area contributed by atoms with E-state index >= 15 is 0 Å². The van der Waals surface area contributed by atoms with Crippen molar-refractivity contribution in [2.75, 3.05) is 26.3 Å². The zero-order valence-electron chi connectivity index (χ0n) is 18.3. The molecule has 182 valence electrons. The second-order valence-electron chi connectivity index (χ2n) is 8.69. The summed E-state index contributed by atoms with van der Waals surface area (Å²) < 4.78 is 43.6. The molecule has 7 nitrogen and oxygen atoms in total. The number of carbonyl (C=O) groups excluding carboxylic acids is 1. The zero-order valence-corrected chi connectivity index (χ0v) is 18.3. The average molecular weight is 470 g/mol. The molecule has 1 N–H and O–H groups in total. The number of aromatic nitrogens is 1. The molecular formula is C23H29F3N2O5. The number of pyridine rings is 1. The summed E-state index contributed by atoms with van der Waals surface area (Å²) in [5, 5.41) is 7.12. The third-order valence-corrected chi connectivity index (χ3v) is 6.11. The van der Waals surface area contributed by atoms with E-state index in [-0.39, 0.29) is 11.5 Å². The summed E-state index contributed by atoms with van der Waals surface area (Å²) in [4.78, 5) is 27.7. The number of hydrogen-bond acceptors (Lipinski definition) is 5. The number of halogens is 3. The van der Waals surface area contributed by atoms with Gasteiger partial charge in [-0.1, -0.05) is 18.2 Å². The van der Waals surface area contributed by atoms with Gasteiger partial charge in [0.25, 0.3) is 0 Å². The number of allylic oxidation sites excluding steroid dienone is 2. The van der Waals surface area contributed by atoms with Crippen LogP contribution in [0, 0.1) is 11.8 Å². The molecule has 1 aromatic heterocycles. The van der Waals surface area contributed by atoms with Crippen molar-refractivity contribution in [1.29, 1.82) is 0 Å². The minimum atomic E-state index is -5.08. The smallest absolute Gasteiger partial charge is 0.475 e. The maximum Gasteiger partial charge on any atom is 0.490 e. The van der Waals surface area contributed by atoms with E-state index in [1.165, 1.54) is 0 Å². The van der Waals surface area contributed by atoms with Crippen LogP contribution >= 0.6 is 0 Å². The number of carbonyl (C=O) groups is 2. The minimum Gasteiger partial charge on any atom is -0.475 e. The van der Waals surface area contributed by atoms with E-state index in [0.29, 0.717) is 18.4 Å². The van der Waals surface area contributed by atoms with Crippen LogP contribution in [0.15, 0.2) is 36.5 Å². The van der Waals surface area contributed by atoms with Crippen LogP contribution in [0.25, 0.3) is 0 Å². The summed E-state index contributed by atoms with van der Waals surface area (Å²) in [6, 6.07) is 5.89. The lowest BCUT2D eigenvalue weighted by atomic mass is 9.79. The molecule has 1 spiro atoms. The summed E-state index contributed by atoms with van der Waals surface area (Å²) in [6.45, 7) is 3.68. The Balaban J connectivity index is 0.000000383. The average Bonchev–Trinajstić information content (AvgIpc) is 3.30. The number of rotatable bonds is 6. The molecule has 1 aromatic rings.